The molecule has 0 aromatic heterocycles. The van der Waals surface area contributed by atoms with Crippen LogP contribution in [0.15, 0.2) is 24.3 Å². The Morgan fingerprint density at radius 1 is 1.47 bits per heavy atom. The van der Waals surface area contributed by atoms with Crippen LogP contribution in [0.3, 0.4) is 0 Å². The number of amides is 1. The maximum atomic E-state index is 12.5. The minimum atomic E-state index is -0.433. The molecule has 92 valence electrons. The van der Waals surface area contributed by atoms with E-state index < -0.39 is 5.41 Å². The van der Waals surface area contributed by atoms with Gasteiger partial charge in [0, 0.05) is 18.8 Å². The summed E-state index contributed by atoms with van der Waals surface area (Å²) >= 11 is 0. The fourth-order valence-electron chi connectivity index (χ4n) is 2.26. The van der Waals surface area contributed by atoms with Gasteiger partial charge in [-0.1, -0.05) is 25.1 Å². The molecule has 1 aromatic carbocycles. The molecule has 0 aliphatic carbocycles. The SMILES string of the molecule is CCC(C)(CN)C(=O)N1CCc2ccccc21. The van der Waals surface area contributed by atoms with Gasteiger partial charge in [-0.25, -0.2) is 0 Å². The first-order valence-electron chi connectivity index (χ1n) is 6.22. The summed E-state index contributed by atoms with van der Waals surface area (Å²) < 4.78 is 0. The molecule has 2 N–H and O–H groups in total. The Bertz CT molecular complexity index is 424. The van der Waals surface area contributed by atoms with Crippen LogP contribution in [0.2, 0.25) is 0 Å². The fraction of sp³-hybridized carbons (Fsp3) is 0.500. The van der Waals surface area contributed by atoms with Gasteiger partial charge in [0.25, 0.3) is 0 Å². The van der Waals surface area contributed by atoms with Crippen molar-refractivity contribution in [3.8, 4) is 0 Å². The maximum Gasteiger partial charge on any atom is 0.234 e. The normalized spacial score (nSPS) is 17.7. The van der Waals surface area contributed by atoms with E-state index in [1.165, 1.54) is 5.56 Å². The molecule has 1 amide bonds. The second-order valence-corrected chi connectivity index (χ2v) is 4.95. The third-order valence-electron chi connectivity index (χ3n) is 3.88. The monoisotopic (exact) mass is 232 g/mol. The average molecular weight is 232 g/mol. The van der Waals surface area contributed by atoms with Gasteiger partial charge in [-0.2, -0.15) is 0 Å². The number of hydrogen-bond donors (Lipinski definition) is 1. The summed E-state index contributed by atoms with van der Waals surface area (Å²) in [5.74, 6) is 0.160. The van der Waals surface area contributed by atoms with E-state index in [1.807, 2.05) is 36.9 Å². The molecule has 0 bridgehead atoms. The quantitative estimate of drug-likeness (QED) is 0.865. The largest absolute Gasteiger partial charge is 0.329 e. The third-order valence-corrected chi connectivity index (χ3v) is 3.88. The Hall–Kier alpha value is -1.35. The standard InChI is InChI=1S/C14H20N2O/c1-3-14(2,10-15)13(17)16-9-8-11-6-4-5-7-12(11)16/h4-7H,3,8-10,15H2,1-2H3. The smallest absolute Gasteiger partial charge is 0.234 e. The number of nitrogens with two attached hydrogens (primary N) is 1. The number of anilines is 1. The van der Waals surface area contributed by atoms with Gasteiger partial charge in [0.05, 0.1) is 5.41 Å². The van der Waals surface area contributed by atoms with Crippen molar-refractivity contribution in [2.75, 3.05) is 18.0 Å². The van der Waals surface area contributed by atoms with Crippen LogP contribution in [0.1, 0.15) is 25.8 Å². The lowest BCUT2D eigenvalue weighted by Gasteiger charge is -2.30. The van der Waals surface area contributed by atoms with Crippen LogP contribution in [0.4, 0.5) is 5.69 Å². The summed E-state index contributed by atoms with van der Waals surface area (Å²) in [5.41, 5.74) is 7.65. The molecule has 1 atom stereocenters. The van der Waals surface area contributed by atoms with Crippen molar-refractivity contribution in [3.63, 3.8) is 0 Å². The van der Waals surface area contributed by atoms with Crippen LogP contribution in [0.5, 0.6) is 0 Å². The number of fused-ring (bicyclic) bond motifs is 1. The number of para-hydroxylation sites is 1. The van der Waals surface area contributed by atoms with Crippen LogP contribution in [0.25, 0.3) is 0 Å². The lowest BCUT2D eigenvalue weighted by Crippen LogP contribution is -2.45. The van der Waals surface area contributed by atoms with Crippen molar-refractivity contribution in [2.24, 2.45) is 11.1 Å². The van der Waals surface area contributed by atoms with E-state index in [9.17, 15) is 4.79 Å². The van der Waals surface area contributed by atoms with E-state index in [0.717, 1.165) is 25.1 Å². The number of rotatable bonds is 3. The maximum absolute atomic E-state index is 12.5. The lowest BCUT2D eigenvalue weighted by atomic mass is 9.86. The zero-order chi connectivity index (χ0) is 12.5. The van der Waals surface area contributed by atoms with Crippen molar-refractivity contribution >= 4 is 11.6 Å². The summed E-state index contributed by atoms with van der Waals surface area (Å²) in [6, 6.07) is 8.12. The minimum Gasteiger partial charge on any atom is -0.329 e. The predicted octanol–water partition coefficient (Wildman–Crippen LogP) is 1.95. The number of carbonyl (C=O) groups is 1. The summed E-state index contributed by atoms with van der Waals surface area (Å²) in [6.07, 6.45) is 1.73. The van der Waals surface area contributed by atoms with Gasteiger partial charge in [0.15, 0.2) is 0 Å². The highest BCUT2D eigenvalue weighted by Crippen LogP contribution is 2.32. The molecular weight excluding hydrogens is 212 g/mol. The highest BCUT2D eigenvalue weighted by atomic mass is 16.2. The second kappa shape index (κ2) is 4.49. The minimum absolute atomic E-state index is 0.160. The van der Waals surface area contributed by atoms with Gasteiger partial charge in [0.1, 0.15) is 0 Å². The molecule has 0 spiro atoms. The topological polar surface area (TPSA) is 46.3 Å². The second-order valence-electron chi connectivity index (χ2n) is 4.95. The van der Waals surface area contributed by atoms with Crippen LogP contribution >= 0.6 is 0 Å². The van der Waals surface area contributed by atoms with Crippen molar-refractivity contribution in [2.45, 2.75) is 26.7 Å². The number of hydrogen-bond acceptors (Lipinski definition) is 2. The Morgan fingerprint density at radius 2 is 2.18 bits per heavy atom. The molecule has 0 fully saturated rings. The van der Waals surface area contributed by atoms with E-state index >= 15 is 0 Å². The van der Waals surface area contributed by atoms with Crippen molar-refractivity contribution in [3.05, 3.63) is 29.8 Å². The summed E-state index contributed by atoms with van der Waals surface area (Å²) in [7, 11) is 0. The first kappa shape index (κ1) is 12.1. The first-order chi connectivity index (χ1) is 8.12. The van der Waals surface area contributed by atoms with E-state index in [0.29, 0.717) is 6.54 Å². The molecule has 0 saturated heterocycles. The zero-order valence-corrected chi connectivity index (χ0v) is 10.6. The van der Waals surface area contributed by atoms with Gasteiger partial charge >= 0.3 is 0 Å². The average Bonchev–Trinajstić information content (AvgIpc) is 2.80. The van der Waals surface area contributed by atoms with Crippen LogP contribution in [-0.4, -0.2) is 19.0 Å². The molecular formula is C14H20N2O. The van der Waals surface area contributed by atoms with E-state index in [-0.39, 0.29) is 5.91 Å². The molecule has 0 saturated carbocycles. The van der Waals surface area contributed by atoms with Crippen LogP contribution in [-0.2, 0) is 11.2 Å². The highest BCUT2D eigenvalue weighted by molar-refractivity contribution is 5.99. The molecule has 1 aromatic rings. The van der Waals surface area contributed by atoms with Gasteiger partial charge < -0.3 is 10.6 Å². The molecule has 3 nitrogen and oxygen atoms in total. The Labute approximate surface area is 103 Å². The van der Waals surface area contributed by atoms with E-state index in [2.05, 4.69) is 6.07 Å². The van der Waals surface area contributed by atoms with Crippen molar-refractivity contribution in [1.82, 2.24) is 0 Å². The van der Waals surface area contributed by atoms with Crippen LogP contribution < -0.4 is 10.6 Å². The molecule has 17 heavy (non-hydrogen) atoms. The highest BCUT2D eigenvalue weighted by Gasteiger charge is 2.36. The molecule has 2 rings (SSSR count). The molecule has 1 aliphatic rings. The van der Waals surface area contributed by atoms with Gasteiger partial charge in [-0.3, -0.25) is 4.79 Å². The predicted molar refractivity (Wildman–Crippen MR) is 70.0 cm³/mol. The molecule has 3 heteroatoms. The Kier molecular flexibility index (Phi) is 3.20. The van der Waals surface area contributed by atoms with Gasteiger partial charge in [0.2, 0.25) is 5.91 Å². The van der Waals surface area contributed by atoms with Crippen molar-refractivity contribution in [1.29, 1.82) is 0 Å². The van der Waals surface area contributed by atoms with E-state index in [1.54, 1.807) is 0 Å². The van der Waals surface area contributed by atoms with Crippen LogP contribution in [0, 0.1) is 5.41 Å². The third kappa shape index (κ3) is 1.95. The molecule has 0 radical (unpaired) electrons. The lowest BCUT2D eigenvalue weighted by molar-refractivity contribution is -0.127. The Balaban J connectivity index is 2.29. The zero-order valence-electron chi connectivity index (χ0n) is 10.6. The summed E-state index contributed by atoms with van der Waals surface area (Å²) in [4.78, 5) is 14.4. The number of carbonyl (C=O) groups excluding carboxylic acids is 1. The molecule has 1 heterocycles. The molecule has 1 aliphatic heterocycles. The number of benzene rings is 1. The van der Waals surface area contributed by atoms with Crippen molar-refractivity contribution < 1.29 is 4.79 Å². The van der Waals surface area contributed by atoms with Gasteiger partial charge in [-0.15, -0.1) is 0 Å². The summed E-state index contributed by atoms with van der Waals surface area (Å²) in [5, 5.41) is 0. The Morgan fingerprint density at radius 3 is 2.82 bits per heavy atom. The van der Waals surface area contributed by atoms with Gasteiger partial charge in [-0.05, 0) is 31.4 Å². The fourth-order valence-corrected chi connectivity index (χ4v) is 2.26. The number of nitrogens with zero attached hydrogens (tertiary/aromatic N) is 1. The van der Waals surface area contributed by atoms with E-state index in [4.69, 9.17) is 5.73 Å². The molecule has 1 unspecified atom stereocenters. The first-order valence-corrected chi connectivity index (χ1v) is 6.22. The summed E-state index contributed by atoms with van der Waals surface area (Å²) in [6.45, 7) is 5.16.